The monoisotopic (exact) mass is 377 g/mol. The van der Waals surface area contributed by atoms with Crippen molar-refractivity contribution >= 4 is 11.4 Å². The highest BCUT2D eigenvalue weighted by Gasteiger charge is 2.25. The van der Waals surface area contributed by atoms with Crippen LogP contribution in [0.4, 0.5) is 0 Å². The van der Waals surface area contributed by atoms with Gasteiger partial charge in [0.1, 0.15) is 24.4 Å². The second-order valence-electron chi connectivity index (χ2n) is 6.48. The molecule has 5 rings (SSSR count). The molecule has 8 heteroatoms. The van der Waals surface area contributed by atoms with Gasteiger partial charge in [-0.15, -0.1) is 0 Å². The fourth-order valence-corrected chi connectivity index (χ4v) is 3.08. The van der Waals surface area contributed by atoms with Gasteiger partial charge in [-0.3, -0.25) is 4.79 Å². The highest BCUT2D eigenvalue weighted by atomic mass is 16.5. The van der Waals surface area contributed by atoms with Crippen LogP contribution in [0.25, 0.3) is 28.0 Å². The van der Waals surface area contributed by atoms with Gasteiger partial charge in [0.15, 0.2) is 0 Å². The quantitative estimate of drug-likeness (QED) is 0.576. The predicted molar refractivity (Wildman–Crippen MR) is 102 cm³/mol. The molecule has 4 aromatic rings. The fourth-order valence-electron chi connectivity index (χ4n) is 3.08. The first-order chi connectivity index (χ1) is 13.6. The number of aliphatic hydroxyl groups excluding tert-OH is 1. The van der Waals surface area contributed by atoms with Crippen molar-refractivity contribution in [2.24, 2.45) is 0 Å². The van der Waals surface area contributed by atoms with E-state index >= 15 is 0 Å². The van der Waals surface area contributed by atoms with Crippen LogP contribution < -0.4 is 0 Å². The van der Waals surface area contributed by atoms with E-state index in [1.807, 2.05) is 53.2 Å². The molecule has 0 bridgehead atoms. The van der Waals surface area contributed by atoms with Crippen LogP contribution in [0, 0.1) is 0 Å². The maximum Gasteiger partial charge on any atom is 0.251 e. The smallest absolute Gasteiger partial charge is 0.251 e. The Labute approximate surface area is 161 Å². The molecule has 1 atom stereocenters. The van der Waals surface area contributed by atoms with E-state index in [4.69, 9.17) is 9.63 Å². The van der Waals surface area contributed by atoms with E-state index in [2.05, 4.69) is 15.2 Å². The molecule has 1 aromatic carbocycles. The largest absolute Gasteiger partial charge is 0.383 e. The molecule has 142 valence electrons. The molecule has 1 aliphatic heterocycles. The number of likely N-dealkylation sites (tertiary alicyclic amines) is 1. The summed E-state index contributed by atoms with van der Waals surface area (Å²) in [6.45, 7) is 0.694. The average molecular weight is 377 g/mol. The van der Waals surface area contributed by atoms with Gasteiger partial charge in [0, 0.05) is 37.0 Å². The summed E-state index contributed by atoms with van der Waals surface area (Å²) in [7, 11) is 1.69. The molecular formula is C20H19N5O3. The van der Waals surface area contributed by atoms with Crippen molar-refractivity contribution < 1.29 is 14.4 Å². The number of fused-ring (bicyclic) bond motifs is 1. The summed E-state index contributed by atoms with van der Waals surface area (Å²) in [4.78, 5) is 16.5. The summed E-state index contributed by atoms with van der Waals surface area (Å²) in [5, 5.41) is 16.9. The molecule has 28 heavy (non-hydrogen) atoms. The third-order valence-electron chi connectivity index (χ3n) is 4.60. The van der Waals surface area contributed by atoms with Gasteiger partial charge in [0.05, 0.1) is 11.2 Å². The van der Waals surface area contributed by atoms with Crippen molar-refractivity contribution in [3.05, 3.63) is 61.3 Å². The highest BCUT2D eigenvalue weighted by Crippen LogP contribution is 2.26. The maximum absolute atomic E-state index is 10.6. The van der Waals surface area contributed by atoms with E-state index in [9.17, 15) is 4.79 Å². The Morgan fingerprint density at radius 2 is 2.04 bits per heavy atom. The first kappa shape index (κ1) is 17.9. The van der Waals surface area contributed by atoms with Crippen LogP contribution in [-0.4, -0.2) is 55.4 Å². The zero-order chi connectivity index (χ0) is 19.5. The van der Waals surface area contributed by atoms with Gasteiger partial charge in [0.25, 0.3) is 5.91 Å². The maximum atomic E-state index is 10.6. The van der Waals surface area contributed by atoms with Crippen LogP contribution in [0.1, 0.15) is 6.42 Å². The van der Waals surface area contributed by atoms with Gasteiger partial charge < -0.3 is 14.5 Å². The number of hydrogen-bond acceptors (Lipinski definition) is 6. The Hall–Kier alpha value is -3.52. The van der Waals surface area contributed by atoms with Gasteiger partial charge in [-0.05, 0) is 24.6 Å². The Bertz CT molecular complexity index is 1080. The van der Waals surface area contributed by atoms with Crippen LogP contribution in [0.15, 0.2) is 65.8 Å². The molecule has 4 heterocycles. The first-order valence-corrected chi connectivity index (χ1v) is 8.86. The van der Waals surface area contributed by atoms with Crippen molar-refractivity contribution in [2.75, 3.05) is 13.6 Å². The minimum absolute atomic E-state index is 0.148. The standard InChI is InChI=1S/C15H10N4O.C5H9NO2/c1-3-11(13-6-8-20-18-13)9-12(4-1)15-14-5-2-7-19(14)17-10-16-15;1-6-3-2-4(7)5(6)8/h1-10H;4,7H,2-3H2,1H3. The molecule has 1 unspecified atom stereocenters. The molecule has 0 radical (unpaired) electrons. The summed E-state index contributed by atoms with van der Waals surface area (Å²) in [5.41, 5.74) is 4.71. The van der Waals surface area contributed by atoms with Crippen LogP contribution >= 0.6 is 0 Å². The van der Waals surface area contributed by atoms with Gasteiger partial charge >= 0.3 is 0 Å². The number of nitrogens with zero attached hydrogens (tertiary/aromatic N) is 5. The molecule has 0 saturated carbocycles. The highest BCUT2D eigenvalue weighted by molar-refractivity contribution is 5.82. The number of likely N-dealkylation sites (N-methyl/N-ethyl adjacent to an activating group) is 1. The number of rotatable bonds is 2. The van der Waals surface area contributed by atoms with Crippen LogP contribution in [0.2, 0.25) is 0 Å². The molecule has 0 aliphatic carbocycles. The zero-order valence-electron chi connectivity index (χ0n) is 15.3. The van der Waals surface area contributed by atoms with E-state index in [1.165, 1.54) is 4.90 Å². The summed E-state index contributed by atoms with van der Waals surface area (Å²) in [6, 6.07) is 13.9. The predicted octanol–water partition coefficient (Wildman–Crippen LogP) is 2.26. The molecular weight excluding hydrogens is 358 g/mol. The van der Waals surface area contributed by atoms with E-state index in [0.29, 0.717) is 13.0 Å². The van der Waals surface area contributed by atoms with Crippen molar-refractivity contribution in [3.63, 3.8) is 0 Å². The Morgan fingerprint density at radius 1 is 1.18 bits per heavy atom. The van der Waals surface area contributed by atoms with Gasteiger partial charge in [-0.1, -0.05) is 23.4 Å². The van der Waals surface area contributed by atoms with Crippen molar-refractivity contribution in [1.29, 1.82) is 0 Å². The lowest BCUT2D eigenvalue weighted by molar-refractivity contribution is -0.133. The SMILES string of the molecule is CN1CCC(O)C1=O.c1cc(-c2ccon2)cc(-c2ncnn3cccc23)c1. The Kier molecular flexibility index (Phi) is 4.86. The lowest BCUT2D eigenvalue weighted by atomic mass is 10.1. The van der Waals surface area contributed by atoms with Crippen molar-refractivity contribution in [3.8, 4) is 22.5 Å². The van der Waals surface area contributed by atoms with Crippen LogP contribution in [0.5, 0.6) is 0 Å². The third-order valence-corrected chi connectivity index (χ3v) is 4.60. The Balaban J connectivity index is 0.000000203. The summed E-state index contributed by atoms with van der Waals surface area (Å²) >= 11 is 0. The molecule has 1 aliphatic rings. The second-order valence-corrected chi connectivity index (χ2v) is 6.48. The second kappa shape index (κ2) is 7.61. The molecule has 1 fully saturated rings. The summed E-state index contributed by atoms with van der Waals surface area (Å²) in [6.07, 6.45) is 4.90. The average Bonchev–Trinajstić information content (AvgIpc) is 3.47. The number of aromatic nitrogens is 4. The molecule has 1 amide bonds. The topological polar surface area (TPSA) is 96.8 Å². The van der Waals surface area contributed by atoms with E-state index < -0.39 is 6.10 Å². The molecule has 0 spiro atoms. The first-order valence-electron chi connectivity index (χ1n) is 8.86. The molecule has 8 nitrogen and oxygen atoms in total. The molecule has 3 aromatic heterocycles. The normalized spacial score (nSPS) is 16.3. The number of hydrogen-bond donors (Lipinski definition) is 1. The van der Waals surface area contributed by atoms with Crippen LogP contribution in [-0.2, 0) is 4.79 Å². The zero-order valence-corrected chi connectivity index (χ0v) is 15.3. The van der Waals surface area contributed by atoms with E-state index in [-0.39, 0.29) is 5.91 Å². The van der Waals surface area contributed by atoms with Crippen LogP contribution in [0.3, 0.4) is 0 Å². The number of aliphatic hydroxyl groups is 1. The van der Waals surface area contributed by atoms with E-state index in [1.54, 1.807) is 19.6 Å². The molecule has 1 saturated heterocycles. The van der Waals surface area contributed by atoms with Crippen molar-refractivity contribution in [1.82, 2.24) is 24.7 Å². The van der Waals surface area contributed by atoms with Gasteiger partial charge in [-0.25, -0.2) is 9.50 Å². The molecule has 1 N–H and O–H groups in total. The third kappa shape index (κ3) is 3.49. The Morgan fingerprint density at radius 3 is 2.71 bits per heavy atom. The van der Waals surface area contributed by atoms with E-state index in [0.717, 1.165) is 28.0 Å². The lowest BCUT2D eigenvalue weighted by Gasteiger charge is -2.04. The summed E-state index contributed by atoms with van der Waals surface area (Å²) in [5.74, 6) is -0.148. The number of amides is 1. The summed E-state index contributed by atoms with van der Waals surface area (Å²) < 4.78 is 6.70. The number of carbonyl (C=O) groups excluding carboxylic acids is 1. The number of carbonyl (C=O) groups is 1. The van der Waals surface area contributed by atoms with Gasteiger partial charge in [-0.2, -0.15) is 5.10 Å². The lowest BCUT2D eigenvalue weighted by Crippen LogP contribution is -2.24. The van der Waals surface area contributed by atoms with Crippen molar-refractivity contribution in [2.45, 2.75) is 12.5 Å². The minimum Gasteiger partial charge on any atom is -0.383 e. The minimum atomic E-state index is -0.722. The van der Waals surface area contributed by atoms with Gasteiger partial charge in [0.2, 0.25) is 0 Å². The fraction of sp³-hybridized carbons (Fsp3) is 0.200. The number of benzene rings is 1.